The fraction of sp³-hybridized carbons (Fsp3) is 0.0556. The van der Waals surface area contributed by atoms with Crippen molar-refractivity contribution in [3.63, 3.8) is 0 Å². The minimum absolute atomic E-state index is 0.0249. The summed E-state index contributed by atoms with van der Waals surface area (Å²) in [5, 5.41) is 7.06. The summed E-state index contributed by atoms with van der Waals surface area (Å²) in [6.45, 7) is 4.67. The Hall–Kier alpha value is -7.23. The van der Waals surface area contributed by atoms with Crippen molar-refractivity contribution >= 4 is 32.3 Å². The van der Waals surface area contributed by atoms with E-state index in [0.29, 0.717) is 17.5 Å². The topological polar surface area (TPSA) is 38.7 Å². The summed E-state index contributed by atoms with van der Waals surface area (Å²) < 4.78 is 0. The summed E-state index contributed by atoms with van der Waals surface area (Å²) in [6.07, 6.45) is 0. The molecule has 0 saturated heterocycles. The first-order chi connectivity index (χ1) is 28.0. The molecule has 0 spiro atoms. The number of rotatable bonds is 5. The van der Waals surface area contributed by atoms with Crippen LogP contribution in [-0.4, -0.2) is 15.0 Å². The van der Waals surface area contributed by atoms with Gasteiger partial charge in [0.25, 0.3) is 0 Å². The van der Waals surface area contributed by atoms with Gasteiger partial charge < -0.3 is 0 Å². The van der Waals surface area contributed by atoms with Crippen LogP contribution in [0.1, 0.15) is 25.0 Å². The molecule has 1 aliphatic rings. The van der Waals surface area contributed by atoms with Crippen molar-refractivity contribution in [2.75, 3.05) is 0 Å². The quantitative estimate of drug-likeness (QED) is 0.166. The highest BCUT2D eigenvalue weighted by atomic mass is 15.0. The first-order valence-electron chi connectivity index (χ1n) is 19.6. The Labute approximate surface area is 332 Å². The van der Waals surface area contributed by atoms with Gasteiger partial charge in [0.1, 0.15) is 0 Å². The minimum Gasteiger partial charge on any atom is -0.208 e. The number of hydrogen-bond donors (Lipinski definition) is 0. The standard InChI is InChI=1S/C54H37N3/c1-54(2)49-17-8-7-14-46(49)47-31-29-41(33-50(47)54)37-20-18-35(19-21-37)36-22-25-39(26-23-36)51-55-52(42-27-24-34-10-3-4-12-40(34)32-42)57-53(56-51)48-16-9-15-44-43-13-6-5-11-38(43)28-30-45(44)48/h3-33H,1-2H3. The zero-order chi connectivity index (χ0) is 38.1. The summed E-state index contributed by atoms with van der Waals surface area (Å²) >= 11 is 0. The lowest BCUT2D eigenvalue weighted by molar-refractivity contribution is 0.660. The van der Waals surface area contributed by atoms with Gasteiger partial charge in [-0.3, -0.25) is 0 Å². The molecule has 0 atom stereocenters. The van der Waals surface area contributed by atoms with Gasteiger partial charge in [0, 0.05) is 22.1 Å². The molecule has 1 aromatic heterocycles. The molecule has 268 valence electrons. The summed E-state index contributed by atoms with van der Waals surface area (Å²) in [5.74, 6) is 1.95. The molecule has 57 heavy (non-hydrogen) atoms. The van der Waals surface area contributed by atoms with Gasteiger partial charge in [0.15, 0.2) is 17.5 Å². The second-order valence-electron chi connectivity index (χ2n) is 15.6. The van der Waals surface area contributed by atoms with Crippen molar-refractivity contribution in [2.45, 2.75) is 19.3 Å². The second kappa shape index (κ2) is 12.9. The van der Waals surface area contributed by atoms with E-state index in [1.807, 2.05) is 0 Å². The van der Waals surface area contributed by atoms with E-state index in [4.69, 9.17) is 15.0 Å². The van der Waals surface area contributed by atoms with Crippen LogP contribution in [-0.2, 0) is 5.41 Å². The van der Waals surface area contributed by atoms with Crippen LogP contribution in [0.2, 0.25) is 0 Å². The van der Waals surface area contributed by atoms with Crippen LogP contribution in [0.3, 0.4) is 0 Å². The van der Waals surface area contributed by atoms with Crippen LogP contribution in [0, 0.1) is 0 Å². The molecule has 0 fully saturated rings. The maximum atomic E-state index is 5.17. The Morgan fingerprint density at radius 2 is 0.825 bits per heavy atom. The highest BCUT2D eigenvalue weighted by Crippen LogP contribution is 2.49. The van der Waals surface area contributed by atoms with E-state index in [1.54, 1.807) is 0 Å². The van der Waals surface area contributed by atoms with E-state index >= 15 is 0 Å². The molecule has 1 aliphatic carbocycles. The highest BCUT2D eigenvalue weighted by molar-refractivity contribution is 6.11. The highest BCUT2D eigenvalue weighted by Gasteiger charge is 2.35. The second-order valence-corrected chi connectivity index (χ2v) is 15.6. The number of hydrogen-bond acceptors (Lipinski definition) is 3. The van der Waals surface area contributed by atoms with Crippen LogP contribution >= 0.6 is 0 Å². The molecule has 3 heteroatoms. The third-order valence-corrected chi connectivity index (χ3v) is 11.9. The van der Waals surface area contributed by atoms with E-state index < -0.39 is 0 Å². The molecule has 1 heterocycles. The van der Waals surface area contributed by atoms with E-state index in [1.165, 1.54) is 54.9 Å². The van der Waals surface area contributed by atoms with Gasteiger partial charge in [-0.1, -0.05) is 190 Å². The number of aromatic nitrogens is 3. The third-order valence-electron chi connectivity index (χ3n) is 11.9. The monoisotopic (exact) mass is 727 g/mol. The van der Waals surface area contributed by atoms with Crippen molar-refractivity contribution in [1.29, 1.82) is 0 Å². The van der Waals surface area contributed by atoms with Gasteiger partial charge in [-0.05, 0) is 89.0 Å². The lowest BCUT2D eigenvalue weighted by atomic mass is 9.81. The van der Waals surface area contributed by atoms with Gasteiger partial charge >= 0.3 is 0 Å². The predicted octanol–water partition coefficient (Wildman–Crippen LogP) is 14.0. The van der Waals surface area contributed by atoms with E-state index in [9.17, 15) is 0 Å². The number of nitrogens with zero attached hydrogens (tertiary/aromatic N) is 3. The molecule has 0 radical (unpaired) electrons. The van der Waals surface area contributed by atoms with Crippen molar-refractivity contribution < 1.29 is 0 Å². The Bertz CT molecular complexity index is 3200. The molecule has 0 bridgehead atoms. The van der Waals surface area contributed by atoms with Crippen LogP contribution in [0.15, 0.2) is 188 Å². The van der Waals surface area contributed by atoms with E-state index in [-0.39, 0.29) is 5.41 Å². The maximum absolute atomic E-state index is 5.17. The summed E-state index contributed by atoms with van der Waals surface area (Å²) in [7, 11) is 0. The molecule has 0 amide bonds. The minimum atomic E-state index is -0.0249. The van der Waals surface area contributed by atoms with Gasteiger partial charge in [-0.25, -0.2) is 15.0 Å². The zero-order valence-corrected chi connectivity index (χ0v) is 31.7. The largest absolute Gasteiger partial charge is 0.208 e. The Balaban J connectivity index is 0.958. The molecule has 0 unspecified atom stereocenters. The Morgan fingerprint density at radius 3 is 1.61 bits per heavy atom. The SMILES string of the molecule is CC1(C)c2ccccc2-c2ccc(-c3ccc(-c4ccc(-c5nc(-c6ccc7ccccc7c6)nc(-c6cccc7c6ccc6ccccc67)n5)cc4)cc3)cc21. The average molecular weight is 728 g/mol. The lowest BCUT2D eigenvalue weighted by Crippen LogP contribution is -2.14. The van der Waals surface area contributed by atoms with Crippen molar-refractivity contribution in [1.82, 2.24) is 15.0 Å². The normalized spacial score (nSPS) is 12.9. The van der Waals surface area contributed by atoms with Gasteiger partial charge in [0.2, 0.25) is 0 Å². The molecule has 3 nitrogen and oxygen atoms in total. The lowest BCUT2D eigenvalue weighted by Gasteiger charge is -2.22. The molecular weight excluding hydrogens is 691 g/mol. The van der Waals surface area contributed by atoms with Crippen molar-refractivity contribution in [3.05, 3.63) is 199 Å². The molecule has 0 aliphatic heterocycles. The molecule has 11 rings (SSSR count). The molecule has 10 aromatic rings. The first kappa shape index (κ1) is 33.1. The fourth-order valence-corrected chi connectivity index (χ4v) is 8.87. The summed E-state index contributed by atoms with van der Waals surface area (Å²) in [4.78, 5) is 15.4. The molecule has 9 aromatic carbocycles. The summed E-state index contributed by atoms with van der Waals surface area (Å²) in [5.41, 5.74) is 13.1. The van der Waals surface area contributed by atoms with Crippen LogP contribution < -0.4 is 0 Å². The average Bonchev–Trinajstić information content (AvgIpc) is 3.51. The van der Waals surface area contributed by atoms with Crippen LogP contribution in [0.4, 0.5) is 0 Å². The van der Waals surface area contributed by atoms with Crippen LogP contribution in [0.5, 0.6) is 0 Å². The predicted molar refractivity (Wildman–Crippen MR) is 237 cm³/mol. The van der Waals surface area contributed by atoms with Crippen molar-refractivity contribution in [2.24, 2.45) is 0 Å². The van der Waals surface area contributed by atoms with E-state index in [2.05, 4.69) is 202 Å². The fourth-order valence-electron chi connectivity index (χ4n) is 8.87. The maximum Gasteiger partial charge on any atom is 0.164 e. The van der Waals surface area contributed by atoms with Crippen LogP contribution in [0.25, 0.3) is 99.9 Å². The Kier molecular flexibility index (Phi) is 7.52. The number of benzene rings is 9. The van der Waals surface area contributed by atoms with Gasteiger partial charge in [-0.15, -0.1) is 0 Å². The zero-order valence-electron chi connectivity index (χ0n) is 31.7. The first-order valence-corrected chi connectivity index (χ1v) is 19.6. The van der Waals surface area contributed by atoms with Gasteiger partial charge in [-0.2, -0.15) is 0 Å². The number of fused-ring (bicyclic) bond motifs is 7. The third kappa shape index (κ3) is 5.54. The van der Waals surface area contributed by atoms with Crippen molar-refractivity contribution in [3.8, 4) is 67.5 Å². The molecule has 0 saturated carbocycles. The summed E-state index contributed by atoms with van der Waals surface area (Å²) in [6, 6.07) is 67.4. The molecule has 0 N–H and O–H groups in total. The van der Waals surface area contributed by atoms with E-state index in [0.717, 1.165) is 38.6 Å². The smallest absolute Gasteiger partial charge is 0.164 e. The Morgan fingerprint density at radius 1 is 0.298 bits per heavy atom. The van der Waals surface area contributed by atoms with Gasteiger partial charge in [0.05, 0.1) is 0 Å². The molecular formula is C54H37N3.